The summed E-state index contributed by atoms with van der Waals surface area (Å²) in [4.78, 5) is 4.82. The minimum Gasteiger partial charge on any atom is -0.497 e. The van der Waals surface area contributed by atoms with Gasteiger partial charge in [0.1, 0.15) is 5.75 Å². The monoisotopic (exact) mass is 380 g/mol. The van der Waals surface area contributed by atoms with Crippen molar-refractivity contribution in [2.45, 2.75) is 56.5 Å². The van der Waals surface area contributed by atoms with Crippen LogP contribution in [-0.2, 0) is 18.7 Å². The topological polar surface area (TPSA) is 35.9 Å². The van der Waals surface area contributed by atoms with Crippen LogP contribution in [-0.4, -0.2) is 48.2 Å². The Hall–Kier alpha value is -1.88. The van der Waals surface area contributed by atoms with E-state index in [9.17, 15) is 5.11 Å². The summed E-state index contributed by atoms with van der Waals surface area (Å²) in [6, 6.07) is 17.9. The molecule has 2 saturated heterocycles. The third kappa shape index (κ3) is 3.95. The van der Waals surface area contributed by atoms with Gasteiger partial charge in [-0.3, -0.25) is 4.90 Å². The van der Waals surface area contributed by atoms with Crippen molar-refractivity contribution in [3.05, 3.63) is 65.2 Å². The summed E-state index contributed by atoms with van der Waals surface area (Å²) in [5, 5.41) is 11.4. The predicted octanol–water partition coefficient (Wildman–Crippen LogP) is 3.77. The molecule has 0 aromatic heterocycles. The number of ether oxygens (including phenoxy) is 1. The summed E-state index contributed by atoms with van der Waals surface area (Å²) in [6.07, 6.45) is 3.99. The van der Waals surface area contributed by atoms with Gasteiger partial charge in [-0.15, -0.1) is 0 Å². The Morgan fingerprint density at radius 1 is 0.964 bits per heavy atom. The lowest BCUT2D eigenvalue weighted by molar-refractivity contribution is -0.0595. The highest BCUT2D eigenvalue weighted by Gasteiger charge is 2.48. The molecule has 2 fully saturated rings. The van der Waals surface area contributed by atoms with Crippen LogP contribution in [0.2, 0.25) is 0 Å². The molecule has 2 bridgehead atoms. The second kappa shape index (κ2) is 7.86. The molecule has 150 valence electrons. The lowest BCUT2D eigenvalue weighted by Gasteiger charge is -2.44. The molecule has 4 nitrogen and oxygen atoms in total. The van der Waals surface area contributed by atoms with E-state index in [1.54, 1.807) is 7.11 Å². The Morgan fingerprint density at radius 2 is 1.54 bits per heavy atom. The van der Waals surface area contributed by atoms with Gasteiger partial charge in [0.15, 0.2) is 0 Å². The molecule has 2 aliphatic heterocycles. The van der Waals surface area contributed by atoms with Gasteiger partial charge in [-0.05, 0) is 68.6 Å². The first-order chi connectivity index (χ1) is 13.5. The molecule has 1 N–H and O–H groups in total. The van der Waals surface area contributed by atoms with Crippen LogP contribution in [0.5, 0.6) is 5.75 Å². The Bertz CT molecular complexity index is 771. The molecule has 0 saturated carbocycles. The number of piperidine rings is 1. The molecule has 2 aliphatic rings. The van der Waals surface area contributed by atoms with Gasteiger partial charge in [-0.1, -0.05) is 36.4 Å². The molecule has 28 heavy (non-hydrogen) atoms. The standard InChI is InChI=1S/C24H32N2O2/c1-25(2)16-18-4-6-19(7-5-18)17-26-21-10-11-22(26)15-24(27,14-21)20-8-12-23(28-3)13-9-20/h4-9,12-13,21-22,27H,10-11,14-17H2,1-3H3/t21-,22+,24?. The number of hydrogen-bond donors (Lipinski definition) is 1. The summed E-state index contributed by atoms with van der Waals surface area (Å²) >= 11 is 0. The molecule has 2 aromatic rings. The molecule has 0 radical (unpaired) electrons. The van der Waals surface area contributed by atoms with Crippen LogP contribution < -0.4 is 4.74 Å². The average Bonchev–Trinajstić information content (AvgIpc) is 2.93. The van der Waals surface area contributed by atoms with Crippen molar-refractivity contribution in [3.63, 3.8) is 0 Å². The summed E-state index contributed by atoms with van der Waals surface area (Å²) in [5.41, 5.74) is 3.03. The maximum absolute atomic E-state index is 11.4. The smallest absolute Gasteiger partial charge is 0.118 e. The maximum atomic E-state index is 11.4. The van der Waals surface area contributed by atoms with Crippen molar-refractivity contribution < 1.29 is 9.84 Å². The summed E-state index contributed by atoms with van der Waals surface area (Å²) < 4.78 is 5.26. The van der Waals surface area contributed by atoms with Crippen LogP contribution in [0.3, 0.4) is 0 Å². The first-order valence-corrected chi connectivity index (χ1v) is 10.3. The van der Waals surface area contributed by atoms with Gasteiger partial charge < -0.3 is 14.7 Å². The van der Waals surface area contributed by atoms with E-state index in [-0.39, 0.29) is 0 Å². The number of methoxy groups -OCH3 is 1. The lowest BCUT2D eigenvalue weighted by atomic mass is 9.80. The van der Waals surface area contributed by atoms with Gasteiger partial charge in [-0.25, -0.2) is 0 Å². The lowest BCUT2D eigenvalue weighted by Crippen LogP contribution is -2.49. The molecular formula is C24H32N2O2. The number of hydrogen-bond acceptors (Lipinski definition) is 4. The quantitative estimate of drug-likeness (QED) is 0.828. The van der Waals surface area contributed by atoms with Crippen LogP contribution in [0.1, 0.15) is 42.4 Å². The van der Waals surface area contributed by atoms with E-state index in [0.29, 0.717) is 12.1 Å². The fourth-order valence-electron chi connectivity index (χ4n) is 5.04. The van der Waals surface area contributed by atoms with Crippen LogP contribution >= 0.6 is 0 Å². The number of rotatable bonds is 6. The van der Waals surface area contributed by atoms with Gasteiger partial charge in [-0.2, -0.15) is 0 Å². The third-order valence-corrected chi connectivity index (χ3v) is 6.43. The Morgan fingerprint density at radius 3 is 2.07 bits per heavy atom. The number of nitrogens with zero attached hydrogens (tertiary/aromatic N) is 2. The third-order valence-electron chi connectivity index (χ3n) is 6.43. The number of aliphatic hydroxyl groups is 1. The average molecular weight is 381 g/mol. The van der Waals surface area contributed by atoms with E-state index < -0.39 is 5.60 Å². The predicted molar refractivity (Wildman–Crippen MR) is 112 cm³/mol. The largest absolute Gasteiger partial charge is 0.497 e. The van der Waals surface area contributed by atoms with Crippen molar-refractivity contribution in [3.8, 4) is 5.75 Å². The highest BCUT2D eigenvalue weighted by atomic mass is 16.5. The molecule has 4 heteroatoms. The highest BCUT2D eigenvalue weighted by Crippen LogP contribution is 2.46. The van der Waals surface area contributed by atoms with Crippen LogP contribution in [0, 0.1) is 0 Å². The van der Waals surface area contributed by atoms with Crippen LogP contribution in [0.4, 0.5) is 0 Å². The molecule has 0 aliphatic carbocycles. The van der Waals surface area contributed by atoms with Crippen LogP contribution in [0.25, 0.3) is 0 Å². The molecule has 2 heterocycles. The van der Waals surface area contributed by atoms with E-state index >= 15 is 0 Å². The summed E-state index contributed by atoms with van der Waals surface area (Å²) in [6.45, 7) is 1.96. The van der Waals surface area contributed by atoms with Gasteiger partial charge in [0.2, 0.25) is 0 Å². The van der Waals surface area contributed by atoms with Gasteiger partial charge in [0, 0.05) is 25.2 Å². The zero-order chi connectivity index (χ0) is 19.7. The zero-order valence-corrected chi connectivity index (χ0v) is 17.3. The molecule has 0 amide bonds. The van der Waals surface area contributed by atoms with Crippen molar-refractivity contribution in [1.82, 2.24) is 9.80 Å². The number of fused-ring (bicyclic) bond motifs is 2. The highest BCUT2D eigenvalue weighted by molar-refractivity contribution is 5.32. The second-order valence-electron chi connectivity index (χ2n) is 8.78. The number of benzene rings is 2. The van der Waals surface area contributed by atoms with Crippen LogP contribution in [0.15, 0.2) is 48.5 Å². The van der Waals surface area contributed by atoms with Crippen molar-refractivity contribution in [2.75, 3.05) is 21.2 Å². The molecule has 4 rings (SSSR count). The minimum atomic E-state index is -0.718. The van der Waals surface area contributed by atoms with E-state index in [1.807, 2.05) is 24.3 Å². The van der Waals surface area contributed by atoms with E-state index in [1.165, 1.54) is 24.0 Å². The fourth-order valence-corrected chi connectivity index (χ4v) is 5.04. The van der Waals surface area contributed by atoms with Crippen molar-refractivity contribution >= 4 is 0 Å². The molecule has 3 atom stereocenters. The van der Waals surface area contributed by atoms with E-state index in [4.69, 9.17) is 4.74 Å². The first kappa shape index (κ1) is 19.4. The van der Waals surface area contributed by atoms with E-state index in [0.717, 1.165) is 37.2 Å². The van der Waals surface area contributed by atoms with Gasteiger partial charge >= 0.3 is 0 Å². The summed E-state index contributed by atoms with van der Waals surface area (Å²) in [7, 11) is 5.88. The van der Waals surface area contributed by atoms with Crippen molar-refractivity contribution in [1.29, 1.82) is 0 Å². The SMILES string of the molecule is COc1ccc(C2(O)C[C@H]3CC[C@@H](C2)N3Cc2ccc(CN(C)C)cc2)cc1. The minimum absolute atomic E-state index is 0.451. The summed E-state index contributed by atoms with van der Waals surface area (Å²) in [5.74, 6) is 0.838. The normalized spacial score (nSPS) is 27.3. The van der Waals surface area contributed by atoms with Crippen molar-refractivity contribution in [2.24, 2.45) is 0 Å². The van der Waals surface area contributed by atoms with Gasteiger partial charge in [0.05, 0.1) is 12.7 Å². The molecule has 0 spiro atoms. The Kier molecular flexibility index (Phi) is 5.46. The fraction of sp³-hybridized carbons (Fsp3) is 0.500. The molecule has 1 unspecified atom stereocenters. The zero-order valence-electron chi connectivity index (χ0n) is 17.3. The molecule has 2 aromatic carbocycles. The Labute approximate surface area is 168 Å². The first-order valence-electron chi connectivity index (χ1n) is 10.3. The molecular weight excluding hydrogens is 348 g/mol. The Balaban J connectivity index is 1.45. The van der Waals surface area contributed by atoms with E-state index in [2.05, 4.69) is 48.2 Å². The van der Waals surface area contributed by atoms with Gasteiger partial charge in [0.25, 0.3) is 0 Å². The second-order valence-corrected chi connectivity index (χ2v) is 8.78. The maximum Gasteiger partial charge on any atom is 0.118 e.